The monoisotopic (exact) mass is 1220 g/mol. The highest BCUT2D eigenvalue weighted by atomic mass is 16.8. The largest absolute Gasteiger partial charge is 0.394 e. The lowest BCUT2D eigenvalue weighted by atomic mass is 9.96. The molecule has 0 radical (unpaired) electrons. The van der Waals surface area contributed by atoms with Crippen LogP contribution in [0.5, 0.6) is 0 Å². The third-order valence-electron chi connectivity index (χ3n) is 17.9. The Morgan fingerprint density at radius 1 is 0.376 bits per heavy atom. The molecule has 19 heteroatoms. The number of aliphatic hydroxyl groups is 11. The molecule has 3 saturated heterocycles. The van der Waals surface area contributed by atoms with E-state index in [9.17, 15) is 61.0 Å². The lowest BCUT2D eigenvalue weighted by molar-refractivity contribution is -0.379. The highest BCUT2D eigenvalue weighted by Crippen LogP contribution is 2.33. The molecule has 3 heterocycles. The summed E-state index contributed by atoms with van der Waals surface area (Å²) in [6, 6.07) is -0.881. The average molecular weight is 1220 g/mol. The van der Waals surface area contributed by atoms with Gasteiger partial charge in [0.05, 0.1) is 38.6 Å². The maximum Gasteiger partial charge on any atom is 0.220 e. The number of carbonyl (C=O) groups is 1. The first-order chi connectivity index (χ1) is 41.3. The topological polar surface area (TPSA) is 307 Å². The summed E-state index contributed by atoms with van der Waals surface area (Å²) in [5.74, 6) is -0.237. The molecule has 0 aliphatic carbocycles. The van der Waals surface area contributed by atoms with E-state index in [-0.39, 0.29) is 18.9 Å². The maximum atomic E-state index is 13.4. The van der Waals surface area contributed by atoms with E-state index in [2.05, 4.69) is 19.2 Å². The van der Waals surface area contributed by atoms with Crippen LogP contribution < -0.4 is 5.32 Å². The minimum absolute atomic E-state index is 0.237. The van der Waals surface area contributed by atoms with E-state index in [0.717, 1.165) is 44.9 Å². The third kappa shape index (κ3) is 32.1. The van der Waals surface area contributed by atoms with Crippen molar-refractivity contribution in [2.24, 2.45) is 0 Å². The highest BCUT2D eigenvalue weighted by molar-refractivity contribution is 5.76. The van der Waals surface area contributed by atoms with Crippen molar-refractivity contribution in [3.05, 3.63) is 0 Å². The van der Waals surface area contributed by atoms with Crippen molar-refractivity contribution in [3.8, 4) is 0 Å². The molecule has 1 amide bonds. The molecule has 504 valence electrons. The van der Waals surface area contributed by atoms with Crippen LogP contribution in [0, 0.1) is 0 Å². The van der Waals surface area contributed by atoms with Gasteiger partial charge in [-0.1, -0.05) is 264 Å². The molecule has 0 aromatic rings. The number of carbonyl (C=O) groups excluding carboxylic acids is 1. The first-order valence-corrected chi connectivity index (χ1v) is 34.8. The standard InChI is InChI=1S/C66H127NO18/c1-3-5-7-9-11-13-15-17-19-20-21-22-23-24-25-26-27-28-30-31-33-35-37-39-41-43-50(71)49(67-54(72)44-42-40-38-36-34-32-29-18-16-14-12-10-8-6-4-2)48-80-64-60(78)57(75)62(52(46-69)82-64)85-66-61(79)58(76)63(53(47-70)83-66)84-65-59(77)56(74)55(73)51(45-68)81-65/h49-53,55-66,68-71,73-79H,3-48H2,1-2H3,(H,67,72). The van der Waals surface area contributed by atoms with Gasteiger partial charge in [0.15, 0.2) is 18.9 Å². The molecule has 3 aliphatic heterocycles. The zero-order chi connectivity index (χ0) is 61.9. The molecule has 12 N–H and O–H groups in total. The van der Waals surface area contributed by atoms with Crippen LogP contribution >= 0.6 is 0 Å². The second-order valence-corrected chi connectivity index (χ2v) is 25.4. The van der Waals surface area contributed by atoms with E-state index >= 15 is 0 Å². The van der Waals surface area contributed by atoms with Crippen molar-refractivity contribution in [2.75, 3.05) is 26.4 Å². The summed E-state index contributed by atoms with van der Waals surface area (Å²) in [5.41, 5.74) is 0. The van der Waals surface area contributed by atoms with E-state index in [0.29, 0.717) is 12.8 Å². The first-order valence-electron chi connectivity index (χ1n) is 34.8. The van der Waals surface area contributed by atoms with Crippen LogP contribution in [0.2, 0.25) is 0 Å². The summed E-state index contributed by atoms with van der Waals surface area (Å²) >= 11 is 0. The Bertz CT molecular complexity index is 1550. The van der Waals surface area contributed by atoms with Crippen LogP contribution in [0.25, 0.3) is 0 Å². The SMILES string of the molecule is CCCCCCCCCCCCCCCCCCCCCCCCCCCC(O)C(COC1OC(CO)C(OC2OC(CO)C(OC3OC(CO)C(O)C(O)C3O)C(O)C2O)C(O)C1O)NC(=O)CCCCCCCCCCCCCCCCC. The van der Waals surface area contributed by atoms with Gasteiger partial charge in [-0.3, -0.25) is 4.79 Å². The van der Waals surface area contributed by atoms with Crippen LogP contribution in [0.3, 0.4) is 0 Å². The minimum Gasteiger partial charge on any atom is -0.394 e. The van der Waals surface area contributed by atoms with Crippen LogP contribution in [0.1, 0.15) is 284 Å². The molecule has 3 aliphatic rings. The van der Waals surface area contributed by atoms with Gasteiger partial charge < -0.3 is 89.9 Å². The van der Waals surface area contributed by atoms with Crippen LogP contribution in [-0.2, 0) is 33.2 Å². The summed E-state index contributed by atoms with van der Waals surface area (Å²) in [4.78, 5) is 13.4. The Morgan fingerprint density at radius 3 is 1.02 bits per heavy atom. The van der Waals surface area contributed by atoms with E-state index in [1.165, 1.54) is 205 Å². The van der Waals surface area contributed by atoms with E-state index in [4.69, 9.17) is 28.4 Å². The molecule has 0 aromatic heterocycles. The Hall–Kier alpha value is -1.21. The zero-order valence-electron chi connectivity index (χ0n) is 53.1. The molecular formula is C66H127NO18. The van der Waals surface area contributed by atoms with E-state index in [1.807, 2.05) is 0 Å². The molecule has 3 fully saturated rings. The van der Waals surface area contributed by atoms with Gasteiger partial charge in [0.2, 0.25) is 5.91 Å². The van der Waals surface area contributed by atoms with Crippen molar-refractivity contribution < 1.29 is 89.4 Å². The fourth-order valence-corrected chi connectivity index (χ4v) is 12.3. The maximum absolute atomic E-state index is 13.4. The number of nitrogens with one attached hydrogen (secondary N) is 1. The number of amides is 1. The van der Waals surface area contributed by atoms with Crippen molar-refractivity contribution in [1.29, 1.82) is 0 Å². The molecule has 0 bridgehead atoms. The molecule has 0 aromatic carbocycles. The summed E-state index contributed by atoms with van der Waals surface area (Å²) in [6.07, 6.45) is 24.7. The normalized spacial score (nSPS) is 28.9. The van der Waals surface area contributed by atoms with Crippen LogP contribution in [0.4, 0.5) is 0 Å². The van der Waals surface area contributed by atoms with Gasteiger partial charge in [0.25, 0.3) is 0 Å². The van der Waals surface area contributed by atoms with E-state index in [1.54, 1.807) is 0 Å². The number of rotatable bonds is 54. The summed E-state index contributed by atoms with van der Waals surface area (Å²) in [5, 5.41) is 121. The third-order valence-corrected chi connectivity index (χ3v) is 17.9. The molecule has 0 saturated carbocycles. The number of hydrogen-bond acceptors (Lipinski definition) is 18. The number of unbranched alkanes of at least 4 members (excludes halogenated alkanes) is 38. The Morgan fingerprint density at radius 2 is 0.671 bits per heavy atom. The van der Waals surface area contributed by atoms with Crippen molar-refractivity contribution in [1.82, 2.24) is 5.32 Å². The van der Waals surface area contributed by atoms with Gasteiger partial charge in [-0.05, 0) is 12.8 Å². The van der Waals surface area contributed by atoms with Gasteiger partial charge in [0.1, 0.15) is 73.2 Å². The second-order valence-electron chi connectivity index (χ2n) is 25.4. The summed E-state index contributed by atoms with van der Waals surface area (Å²) < 4.78 is 34.4. The Balaban J connectivity index is 1.42. The molecule has 85 heavy (non-hydrogen) atoms. The number of aliphatic hydroxyl groups excluding tert-OH is 11. The smallest absolute Gasteiger partial charge is 0.220 e. The van der Waals surface area contributed by atoms with Gasteiger partial charge in [0, 0.05) is 6.42 Å². The first kappa shape index (κ1) is 78.0. The molecule has 19 nitrogen and oxygen atoms in total. The predicted octanol–water partition coefficient (Wildman–Crippen LogP) is 8.72. The van der Waals surface area contributed by atoms with Crippen molar-refractivity contribution in [3.63, 3.8) is 0 Å². The summed E-state index contributed by atoms with van der Waals surface area (Å²) in [7, 11) is 0. The minimum atomic E-state index is -1.97. The quantitative estimate of drug-likeness (QED) is 0.0253. The van der Waals surface area contributed by atoms with E-state index < -0.39 is 124 Å². The lowest BCUT2D eigenvalue weighted by Gasteiger charge is -2.48. The predicted molar refractivity (Wildman–Crippen MR) is 328 cm³/mol. The summed E-state index contributed by atoms with van der Waals surface area (Å²) in [6.45, 7) is 1.84. The van der Waals surface area contributed by atoms with Crippen LogP contribution in [-0.4, -0.2) is 193 Å². The zero-order valence-corrected chi connectivity index (χ0v) is 53.1. The van der Waals surface area contributed by atoms with Gasteiger partial charge in [-0.15, -0.1) is 0 Å². The molecule has 17 atom stereocenters. The van der Waals surface area contributed by atoms with Gasteiger partial charge >= 0.3 is 0 Å². The molecular weight excluding hydrogens is 1090 g/mol. The molecule has 0 spiro atoms. The van der Waals surface area contributed by atoms with Crippen molar-refractivity contribution >= 4 is 5.91 Å². The van der Waals surface area contributed by atoms with Crippen molar-refractivity contribution in [2.45, 2.75) is 388 Å². The molecule has 3 rings (SSSR count). The Labute approximate surface area is 513 Å². The lowest BCUT2D eigenvalue weighted by Crippen LogP contribution is -2.66. The highest BCUT2D eigenvalue weighted by Gasteiger charge is 2.53. The van der Waals surface area contributed by atoms with Crippen LogP contribution in [0.15, 0.2) is 0 Å². The van der Waals surface area contributed by atoms with Gasteiger partial charge in [-0.2, -0.15) is 0 Å². The number of ether oxygens (including phenoxy) is 6. The fraction of sp³-hybridized carbons (Fsp3) is 0.985. The Kier molecular flexibility index (Phi) is 45.4. The number of hydrogen-bond donors (Lipinski definition) is 12. The second kappa shape index (κ2) is 49.5. The van der Waals surface area contributed by atoms with Gasteiger partial charge in [-0.25, -0.2) is 0 Å². The fourth-order valence-electron chi connectivity index (χ4n) is 12.3. The molecule has 17 unspecified atom stereocenters. The average Bonchev–Trinajstić information content (AvgIpc) is 3.19.